The Morgan fingerprint density at radius 1 is 1.25 bits per heavy atom. The van der Waals surface area contributed by atoms with E-state index in [1.807, 2.05) is 6.07 Å². The Labute approximate surface area is 140 Å². The highest BCUT2D eigenvalue weighted by atomic mass is 16.8. The van der Waals surface area contributed by atoms with Gasteiger partial charge < -0.3 is 28.1 Å². The van der Waals surface area contributed by atoms with Crippen molar-refractivity contribution in [2.24, 2.45) is 5.41 Å². The van der Waals surface area contributed by atoms with Crippen LogP contribution in [0.2, 0.25) is 0 Å². The van der Waals surface area contributed by atoms with E-state index in [1.54, 1.807) is 19.1 Å². The molecule has 1 heterocycles. The van der Waals surface area contributed by atoms with Crippen LogP contribution in [0.15, 0.2) is 22.8 Å². The standard InChI is InChI=1S/C16H21NO7/c1-6-23-13(18)14(10-17)12(11-8-7-9-24-11)15(19-2,20-3)16(14,21-4)22-5/h7-9,12H,6H2,1-5H3/t12-,14-/m1/s1. The lowest BCUT2D eigenvalue weighted by molar-refractivity contribution is -0.485. The molecule has 1 aromatic rings. The molecule has 0 amide bonds. The molecule has 0 aliphatic heterocycles. The first-order chi connectivity index (χ1) is 11.5. The maximum Gasteiger partial charge on any atom is 0.333 e. The van der Waals surface area contributed by atoms with Crippen molar-refractivity contribution in [3.63, 3.8) is 0 Å². The van der Waals surface area contributed by atoms with E-state index in [1.165, 1.54) is 34.7 Å². The van der Waals surface area contributed by atoms with E-state index in [2.05, 4.69) is 0 Å². The maximum absolute atomic E-state index is 12.8. The number of nitriles is 1. The van der Waals surface area contributed by atoms with Crippen molar-refractivity contribution in [1.29, 1.82) is 5.26 Å². The highest BCUT2D eigenvalue weighted by Gasteiger charge is 2.90. The fraction of sp³-hybridized carbons (Fsp3) is 0.625. The number of esters is 1. The van der Waals surface area contributed by atoms with E-state index >= 15 is 0 Å². The van der Waals surface area contributed by atoms with Gasteiger partial charge >= 0.3 is 5.97 Å². The Morgan fingerprint density at radius 2 is 1.88 bits per heavy atom. The second-order valence-electron chi connectivity index (χ2n) is 5.19. The van der Waals surface area contributed by atoms with E-state index in [4.69, 9.17) is 28.1 Å². The number of ether oxygens (including phenoxy) is 5. The van der Waals surface area contributed by atoms with Gasteiger partial charge in [0.05, 0.1) is 18.9 Å². The Balaban J connectivity index is 2.76. The first kappa shape index (κ1) is 18.4. The topological polar surface area (TPSA) is 100 Å². The molecule has 0 N–H and O–H groups in total. The minimum atomic E-state index is -1.88. The van der Waals surface area contributed by atoms with E-state index < -0.39 is 28.9 Å². The summed E-state index contributed by atoms with van der Waals surface area (Å²) in [5, 5.41) is 9.96. The molecule has 2 rings (SSSR count). The van der Waals surface area contributed by atoms with Crippen molar-refractivity contribution in [3.8, 4) is 6.07 Å². The van der Waals surface area contributed by atoms with E-state index in [0.29, 0.717) is 5.76 Å². The van der Waals surface area contributed by atoms with Crippen molar-refractivity contribution in [3.05, 3.63) is 24.2 Å². The lowest BCUT2D eigenvalue weighted by atomic mass is 9.50. The Kier molecular flexibility index (Phi) is 5.01. The normalized spacial score (nSPS) is 27.1. The van der Waals surface area contributed by atoms with Crippen LogP contribution in [0.1, 0.15) is 18.6 Å². The average Bonchev–Trinajstić information content (AvgIpc) is 3.10. The predicted molar refractivity (Wildman–Crippen MR) is 79.6 cm³/mol. The first-order valence-electron chi connectivity index (χ1n) is 7.34. The molecule has 1 aliphatic carbocycles. The number of carbonyl (C=O) groups excluding carboxylic acids is 1. The second kappa shape index (κ2) is 6.53. The number of hydrogen-bond acceptors (Lipinski definition) is 8. The van der Waals surface area contributed by atoms with Gasteiger partial charge in [0, 0.05) is 28.4 Å². The summed E-state index contributed by atoms with van der Waals surface area (Å²) in [7, 11) is 5.36. The molecule has 0 unspecified atom stereocenters. The summed E-state index contributed by atoms with van der Waals surface area (Å²) in [6, 6.07) is 5.27. The lowest BCUT2D eigenvalue weighted by Gasteiger charge is -2.65. The van der Waals surface area contributed by atoms with Gasteiger partial charge in [-0.2, -0.15) is 5.26 Å². The molecule has 0 spiro atoms. The Morgan fingerprint density at radius 3 is 2.25 bits per heavy atom. The lowest BCUT2D eigenvalue weighted by Crippen LogP contribution is -2.84. The van der Waals surface area contributed by atoms with Gasteiger partial charge in [-0.25, -0.2) is 0 Å². The quantitative estimate of drug-likeness (QED) is 0.543. The molecule has 8 nitrogen and oxygen atoms in total. The van der Waals surface area contributed by atoms with Gasteiger partial charge in [0.2, 0.25) is 11.2 Å². The third-order valence-electron chi connectivity index (χ3n) is 4.57. The van der Waals surface area contributed by atoms with Crippen LogP contribution < -0.4 is 0 Å². The van der Waals surface area contributed by atoms with Gasteiger partial charge in [-0.15, -0.1) is 0 Å². The summed E-state index contributed by atoms with van der Waals surface area (Å²) in [5.41, 5.74) is -1.88. The smallest absolute Gasteiger partial charge is 0.333 e. The third-order valence-corrected chi connectivity index (χ3v) is 4.57. The highest BCUT2D eigenvalue weighted by Crippen LogP contribution is 2.69. The largest absolute Gasteiger partial charge is 0.469 e. The molecule has 132 valence electrons. The summed E-state index contributed by atoms with van der Waals surface area (Å²) in [4.78, 5) is 12.8. The van der Waals surface area contributed by atoms with Crippen molar-refractivity contribution in [1.82, 2.24) is 0 Å². The molecule has 1 aliphatic rings. The second-order valence-corrected chi connectivity index (χ2v) is 5.19. The van der Waals surface area contributed by atoms with Gasteiger partial charge in [0.25, 0.3) is 5.79 Å². The van der Waals surface area contributed by atoms with Crippen LogP contribution in [-0.4, -0.2) is 52.6 Å². The van der Waals surface area contributed by atoms with E-state index in [9.17, 15) is 10.1 Å². The maximum atomic E-state index is 12.8. The zero-order valence-corrected chi connectivity index (χ0v) is 14.3. The summed E-state index contributed by atoms with van der Waals surface area (Å²) >= 11 is 0. The molecule has 2 atom stereocenters. The van der Waals surface area contributed by atoms with Crippen molar-refractivity contribution in [2.75, 3.05) is 35.0 Å². The van der Waals surface area contributed by atoms with Crippen LogP contribution in [0, 0.1) is 16.7 Å². The predicted octanol–water partition coefficient (Wildman–Crippen LogP) is 1.43. The summed E-state index contributed by atoms with van der Waals surface area (Å²) in [6.07, 6.45) is 1.43. The summed E-state index contributed by atoms with van der Waals surface area (Å²) in [5.74, 6) is -4.88. The van der Waals surface area contributed by atoms with Gasteiger partial charge in [-0.3, -0.25) is 4.79 Å². The fourth-order valence-corrected chi connectivity index (χ4v) is 3.68. The van der Waals surface area contributed by atoms with Crippen LogP contribution in [0.4, 0.5) is 0 Å². The number of hydrogen-bond donors (Lipinski definition) is 0. The molecule has 24 heavy (non-hydrogen) atoms. The molecular formula is C16H21NO7. The van der Waals surface area contributed by atoms with Gasteiger partial charge in [0.15, 0.2) is 0 Å². The number of rotatable bonds is 7. The van der Waals surface area contributed by atoms with E-state index in [0.717, 1.165) is 0 Å². The van der Waals surface area contributed by atoms with Crippen molar-refractivity contribution < 1.29 is 32.9 Å². The molecule has 8 heteroatoms. The third kappa shape index (κ3) is 1.84. The zero-order chi connectivity index (χ0) is 18.0. The number of furan rings is 1. The van der Waals surface area contributed by atoms with Gasteiger partial charge in [-0.1, -0.05) is 0 Å². The number of carbonyl (C=O) groups is 1. The minimum absolute atomic E-state index is 0.0869. The average molecular weight is 339 g/mol. The molecule has 1 fully saturated rings. The number of nitrogens with zero attached hydrogens (tertiary/aromatic N) is 1. The zero-order valence-electron chi connectivity index (χ0n) is 14.3. The fourth-order valence-electron chi connectivity index (χ4n) is 3.68. The van der Waals surface area contributed by atoms with Crippen molar-refractivity contribution in [2.45, 2.75) is 24.4 Å². The van der Waals surface area contributed by atoms with Crippen molar-refractivity contribution >= 4 is 5.97 Å². The van der Waals surface area contributed by atoms with E-state index in [-0.39, 0.29) is 6.61 Å². The molecule has 1 saturated carbocycles. The van der Waals surface area contributed by atoms with Crippen LogP contribution in [-0.2, 0) is 28.5 Å². The van der Waals surface area contributed by atoms with Gasteiger partial charge in [-0.05, 0) is 19.1 Å². The van der Waals surface area contributed by atoms with Crippen LogP contribution >= 0.6 is 0 Å². The minimum Gasteiger partial charge on any atom is -0.469 e. The summed E-state index contributed by atoms with van der Waals surface area (Å²) in [6.45, 7) is 1.73. The molecule has 0 aromatic carbocycles. The van der Waals surface area contributed by atoms with Crippen LogP contribution in [0.25, 0.3) is 0 Å². The highest BCUT2D eigenvalue weighted by molar-refractivity contribution is 5.86. The number of methoxy groups -OCH3 is 4. The summed E-state index contributed by atoms with van der Waals surface area (Å²) < 4.78 is 32.6. The first-order valence-corrected chi connectivity index (χ1v) is 7.34. The van der Waals surface area contributed by atoms with Crippen LogP contribution in [0.5, 0.6) is 0 Å². The SMILES string of the molecule is CCOC(=O)[C@@]1(C#N)[C@@H](c2ccco2)C(OC)(OC)C1(OC)OC. The van der Waals surface area contributed by atoms with Crippen LogP contribution in [0.3, 0.4) is 0 Å². The molecular weight excluding hydrogens is 318 g/mol. The molecule has 0 saturated heterocycles. The monoisotopic (exact) mass is 339 g/mol. The Hall–Kier alpha value is -1.92. The van der Waals surface area contributed by atoms with Gasteiger partial charge in [0.1, 0.15) is 11.7 Å². The molecule has 0 bridgehead atoms. The molecule has 0 radical (unpaired) electrons. The Bertz CT molecular complexity index is 613. The molecule has 1 aromatic heterocycles.